The molecule has 3 rings (SSSR count). The fraction of sp³-hybridized carbons (Fsp3) is 0.917. The van der Waals surface area contributed by atoms with E-state index in [1.807, 2.05) is 4.90 Å². The third-order valence-electron chi connectivity index (χ3n) is 4.32. The fourth-order valence-corrected chi connectivity index (χ4v) is 3.32. The van der Waals surface area contributed by atoms with Crippen LogP contribution in [-0.2, 0) is 14.3 Å². The quantitative estimate of drug-likeness (QED) is 0.677. The van der Waals surface area contributed by atoms with Gasteiger partial charge in [-0.15, -0.1) is 0 Å². The van der Waals surface area contributed by atoms with E-state index >= 15 is 0 Å². The van der Waals surface area contributed by atoms with Gasteiger partial charge in [-0.1, -0.05) is 0 Å². The van der Waals surface area contributed by atoms with Crippen LogP contribution in [0.3, 0.4) is 0 Å². The molecule has 1 saturated carbocycles. The summed E-state index contributed by atoms with van der Waals surface area (Å²) in [7, 11) is 0. The van der Waals surface area contributed by atoms with Crippen LogP contribution >= 0.6 is 0 Å². The monoisotopic (exact) mass is 240 g/mol. The Morgan fingerprint density at radius 3 is 2.82 bits per heavy atom. The molecule has 5 nitrogen and oxygen atoms in total. The molecule has 2 aliphatic heterocycles. The van der Waals surface area contributed by atoms with E-state index in [9.17, 15) is 4.79 Å². The molecular formula is C12H20N2O3. The number of nitrogens with two attached hydrogens (primary N) is 1. The summed E-state index contributed by atoms with van der Waals surface area (Å²) in [6.45, 7) is 3.19. The van der Waals surface area contributed by atoms with Gasteiger partial charge in [0.25, 0.3) is 5.91 Å². The zero-order valence-electron chi connectivity index (χ0n) is 10.0. The largest absolute Gasteiger partial charge is 0.376 e. The van der Waals surface area contributed by atoms with Crippen molar-refractivity contribution in [2.24, 2.45) is 17.6 Å². The number of fused-ring (bicyclic) bond motifs is 1. The Morgan fingerprint density at radius 2 is 2.12 bits per heavy atom. The summed E-state index contributed by atoms with van der Waals surface area (Å²) in [5, 5.41) is 0. The topological polar surface area (TPSA) is 64.8 Å². The van der Waals surface area contributed by atoms with Crippen LogP contribution in [0.25, 0.3) is 0 Å². The minimum absolute atomic E-state index is 0.0892. The molecule has 2 heterocycles. The average molecular weight is 240 g/mol. The number of nitrogens with zero attached hydrogens (tertiary/aromatic N) is 1. The molecule has 4 unspecified atom stereocenters. The highest BCUT2D eigenvalue weighted by molar-refractivity contribution is 5.81. The Kier molecular flexibility index (Phi) is 3.06. The lowest BCUT2D eigenvalue weighted by Gasteiger charge is -2.27. The lowest BCUT2D eigenvalue weighted by atomic mass is 9.98. The number of likely N-dealkylation sites (tertiary alicyclic amines) is 1. The molecule has 0 spiro atoms. The summed E-state index contributed by atoms with van der Waals surface area (Å²) in [6, 6.07) is 0.279. The number of ether oxygens (including phenoxy) is 2. The van der Waals surface area contributed by atoms with E-state index in [2.05, 4.69) is 0 Å². The Labute approximate surface area is 101 Å². The smallest absolute Gasteiger partial charge is 0.254 e. The van der Waals surface area contributed by atoms with Crippen molar-refractivity contribution in [1.82, 2.24) is 4.90 Å². The van der Waals surface area contributed by atoms with Gasteiger partial charge in [0.05, 0.1) is 19.8 Å². The first kappa shape index (κ1) is 11.4. The molecule has 96 valence electrons. The Balaban J connectivity index is 1.60. The third-order valence-corrected chi connectivity index (χ3v) is 4.32. The maximum absolute atomic E-state index is 12.2. The summed E-state index contributed by atoms with van der Waals surface area (Å²) in [6.07, 6.45) is 1.89. The molecule has 5 heteroatoms. The summed E-state index contributed by atoms with van der Waals surface area (Å²) < 4.78 is 10.7. The van der Waals surface area contributed by atoms with Gasteiger partial charge in [0, 0.05) is 19.1 Å². The average Bonchev–Trinajstić information content (AvgIpc) is 2.92. The van der Waals surface area contributed by atoms with E-state index in [1.54, 1.807) is 0 Å². The van der Waals surface area contributed by atoms with Gasteiger partial charge in [-0.05, 0) is 24.7 Å². The molecule has 0 bridgehead atoms. The molecule has 17 heavy (non-hydrogen) atoms. The van der Waals surface area contributed by atoms with Crippen LogP contribution in [0.4, 0.5) is 0 Å². The SMILES string of the molecule is NC1CCC2CN(C(=O)C3COCCO3)CC12. The molecular weight excluding hydrogens is 220 g/mol. The van der Waals surface area contributed by atoms with Crippen LogP contribution in [0.1, 0.15) is 12.8 Å². The standard InChI is InChI=1S/C12H20N2O3/c13-10-2-1-8-5-14(6-9(8)10)12(15)11-7-16-3-4-17-11/h8-11H,1-7,13H2. The van der Waals surface area contributed by atoms with Gasteiger partial charge in [-0.3, -0.25) is 4.79 Å². The first-order chi connectivity index (χ1) is 8.25. The lowest BCUT2D eigenvalue weighted by Crippen LogP contribution is -2.45. The maximum atomic E-state index is 12.2. The molecule has 2 saturated heterocycles. The van der Waals surface area contributed by atoms with E-state index in [0.717, 1.165) is 25.9 Å². The normalized spacial score (nSPS) is 41.6. The molecule has 0 aromatic carbocycles. The molecule has 0 aromatic rings. The predicted octanol–water partition coefficient (Wildman–Crippen LogP) is -0.402. The van der Waals surface area contributed by atoms with Crippen LogP contribution in [0.15, 0.2) is 0 Å². The van der Waals surface area contributed by atoms with Gasteiger partial charge < -0.3 is 20.1 Å². The zero-order valence-corrected chi connectivity index (χ0v) is 10.0. The van der Waals surface area contributed by atoms with Gasteiger partial charge in [-0.2, -0.15) is 0 Å². The Morgan fingerprint density at radius 1 is 1.24 bits per heavy atom. The molecule has 3 fully saturated rings. The third kappa shape index (κ3) is 2.07. The summed E-state index contributed by atoms with van der Waals surface area (Å²) in [5.41, 5.74) is 6.07. The molecule has 4 atom stereocenters. The number of amides is 1. The first-order valence-corrected chi connectivity index (χ1v) is 6.49. The van der Waals surface area contributed by atoms with Crippen LogP contribution in [-0.4, -0.2) is 55.9 Å². The number of rotatable bonds is 1. The lowest BCUT2D eigenvalue weighted by molar-refractivity contribution is -0.157. The number of carbonyl (C=O) groups excluding carboxylic acids is 1. The molecule has 0 radical (unpaired) electrons. The maximum Gasteiger partial charge on any atom is 0.254 e. The molecule has 1 aliphatic carbocycles. The number of hydrogen-bond donors (Lipinski definition) is 1. The van der Waals surface area contributed by atoms with Crippen molar-refractivity contribution in [2.75, 3.05) is 32.9 Å². The van der Waals surface area contributed by atoms with Gasteiger partial charge in [-0.25, -0.2) is 0 Å². The highest BCUT2D eigenvalue weighted by atomic mass is 16.6. The van der Waals surface area contributed by atoms with Crippen molar-refractivity contribution in [2.45, 2.75) is 25.0 Å². The van der Waals surface area contributed by atoms with Crippen LogP contribution < -0.4 is 5.73 Å². The van der Waals surface area contributed by atoms with Gasteiger partial charge >= 0.3 is 0 Å². The fourth-order valence-electron chi connectivity index (χ4n) is 3.32. The second-order valence-electron chi connectivity index (χ2n) is 5.34. The molecule has 1 amide bonds. The Hall–Kier alpha value is -0.650. The molecule has 0 aromatic heterocycles. The second kappa shape index (κ2) is 4.55. The van der Waals surface area contributed by atoms with Crippen molar-refractivity contribution < 1.29 is 14.3 Å². The van der Waals surface area contributed by atoms with Crippen molar-refractivity contribution in [3.8, 4) is 0 Å². The Bertz CT molecular complexity index is 304. The van der Waals surface area contributed by atoms with Gasteiger partial charge in [0.2, 0.25) is 0 Å². The van der Waals surface area contributed by atoms with E-state index in [1.165, 1.54) is 0 Å². The zero-order chi connectivity index (χ0) is 11.8. The molecule has 2 N–H and O–H groups in total. The van der Waals surface area contributed by atoms with Crippen molar-refractivity contribution in [3.05, 3.63) is 0 Å². The van der Waals surface area contributed by atoms with Gasteiger partial charge in [0.1, 0.15) is 0 Å². The van der Waals surface area contributed by atoms with Crippen LogP contribution in [0, 0.1) is 11.8 Å². The predicted molar refractivity (Wildman–Crippen MR) is 61.3 cm³/mol. The molecule has 3 aliphatic rings. The van der Waals surface area contributed by atoms with E-state index in [4.69, 9.17) is 15.2 Å². The van der Waals surface area contributed by atoms with E-state index < -0.39 is 0 Å². The van der Waals surface area contributed by atoms with E-state index in [0.29, 0.717) is 31.7 Å². The van der Waals surface area contributed by atoms with Crippen LogP contribution in [0.2, 0.25) is 0 Å². The number of carbonyl (C=O) groups is 1. The minimum atomic E-state index is -0.390. The summed E-state index contributed by atoms with van der Waals surface area (Å²) in [5.74, 6) is 1.20. The first-order valence-electron chi connectivity index (χ1n) is 6.49. The van der Waals surface area contributed by atoms with E-state index in [-0.39, 0.29) is 18.1 Å². The second-order valence-corrected chi connectivity index (χ2v) is 5.34. The van der Waals surface area contributed by atoms with Crippen molar-refractivity contribution in [3.63, 3.8) is 0 Å². The number of hydrogen-bond acceptors (Lipinski definition) is 4. The van der Waals surface area contributed by atoms with Crippen LogP contribution in [0.5, 0.6) is 0 Å². The highest BCUT2D eigenvalue weighted by Crippen LogP contribution is 2.37. The highest BCUT2D eigenvalue weighted by Gasteiger charge is 2.43. The summed E-state index contributed by atoms with van der Waals surface area (Å²) >= 11 is 0. The summed E-state index contributed by atoms with van der Waals surface area (Å²) in [4.78, 5) is 14.1. The van der Waals surface area contributed by atoms with Crippen molar-refractivity contribution >= 4 is 5.91 Å². The van der Waals surface area contributed by atoms with Gasteiger partial charge in [0.15, 0.2) is 6.10 Å². The van der Waals surface area contributed by atoms with Crippen molar-refractivity contribution in [1.29, 1.82) is 0 Å². The minimum Gasteiger partial charge on any atom is -0.376 e.